The number of nitrogens with zero attached hydrogens (tertiary/aromatic N) is 1. The summed E-state index contributed by atoms with van der Waals surface area (Å²) >= 11 is 0. The highest BCUT2D eigenvalue weighted by atomic mass is 16.2. The molecule has 2 saturated carbocycles. The molecule has 1 aromatic heterocycles. The van der Waals surface area contributed by atoms with Crippen LogP contribution in [0.1, 0.15) is 75.6 Å². The van der Waals surface area contributed by atoms with Crippen molar-refractivity contribution < 1.29 is 4.79 Å². The Morgan fingerprint density at radius 3 is 2.65 bits per heavy atom. The monoisotopic (exact) mass is 316 g/mol. The van der Waals surface area contributed by atoms with Crippen molar-refractivity contribution in [2.45, 2.75) is 88.3 Å². The summed E-state index contributed by atoms with van der Waals surface area (Å²) in [4.78, 5) is 20.7. The zero-order chi connectivity index (χ0) is 15.7. The first-order chi connectivity index (χ1) is 11.3. The minimum atomic E-state index is -0.122. The van der Waals surface area contributed by atoms with E-state index in [-0.39, 0.29) is 17.5 Å². The topological polar surface area (TPSA) is 69.8 Å². The number of rotatable bonds is 2. The normalized spacial score (nSPS) is 27.6. The second kappa shape index (κ2) is 6.27. The highest BCUT2D eigenvalue weighted by Gasteiger charge is 2.44. The Morgan fingerprint density at radius 1 is 1.13 bits per heavy atom. The molecule has 4 rings (SSSR count). The lowest BCUT2D eigenvalue weighted by atomic mass is 9.75. The number of carbonyl (C=O) groups excluding carboxylic acids is 1. The van der Waals surface area contributed by atoms with Crippen LogP contribution in [0.5, 0.6) is 0 Å². The van der Waals surface area contributed by atoms with Gasteiger partial charge in [0.15, 0.2) is 0 Å². The maximum absolute atomic E-state index is 12.8. The van der Waals surface area contributed by atoms with Crippen LogP contribution in [0.3, 0.4) is 0 Å². The molecule has 0 radical (unpaired) electrons. The van der Waals surface area contributed by atoms with Crippen molar-refractivity contribution in [1.82, 2.24) is 20.6 Å². The van der Waals surface area contributed by atoms with Gasteiger partial charge < -0.3 is 10.3 Å². The average Bonchev–Trinajstić information content (AvgIpc) is 3.06. The molecule has 5 heteroatoms. The molecule has 1 spiro atoms. The highest BCUT2D eigenvalue weighted by molar-refractivity contribution is 5.83. The summed E-state index contributed by atoms with van der Waals surface area (Å²) in [5, 5.41) is 7.00. The van der Waals surface area contributed by atoms with Gasteiger partial charge in [-0.3, -0.25) is 10.1 Å². The third-order valence-electron chi connectivity index (χ3n) is 6.01. The fourth-order valence-corrected chi connectivity index (χ4v) is 4.79. The fourth-order valence-electron chi connectivity index (χ4n) is 4.79. The Hall–Kier alpha value is -1.36. The summed E-state index contributed by atoms with van der Waals surface area (Å²) in [7, 11) is 0. The van der Waals surface area contributed by atoms with E-state index in [9.17, 15) is 4.79 Å². The van der Waals surface area contributed by atoms with E-state index in [1.807, 2.05) is 0 Å². The highest BCUT2D eigenvalue weighted by Crippen LogP contribution is 2.40. The van der Waals surface area contributed by atoms with Crippen molar-refractivity contribution in [2.24, 2.45) is 0 Å². The van der Waals surface area contributed by atoms with Crippen molar-refractivity contribution in [1.29, 1.82) is 0 Å². The minimum Gasteiger partial charge on any atom is -0.352 e. The molecule has 5 nitrogen and oxygen atoms in total. The molecule has 23 heavy (non-hydrogen) atoms. The third-order valence-corrected chi connectivity index (χ3v) is 6.01. The molecule has 0 bridgehead atoms. The predicted octanol–water partition coefficient (Wildman–Crippen LogP) is 2.53. The lowest BCUT2D eigenvalue weighted by Crippen LogP contribution is -2.59. The summed E-state index contributed by atoms with van der Waals surface area (Å²) in [6.07, 6.45) is 14.5. The third kappa shape index (κ3) is 2.91. The van der Waals surface area contributed by atoms with Gasteiger partial charge in [-0.1, -0.05) is 38.5 Å². The minimum absolute atomic E-state index is 0.0829. The van der Waals surface area contributed by atoms with Gasteiger partial charge in [-0.25, -0.2) is 4.98 Å². The Bertz CT molecular complexity index is 555. The number of fused-ring (bicyclic) bond motifs is 2. The molecule has 126 valence electrons. The Balaban J connectivity index is 1.50. The first-order valence-corrected chi connectivity index (χ1v) is 9.38. The molecular formula is C18H28N4O. The van der Waals surface area contributed by atoms with Crippen LogP contribution in [0.4, 0.5) is 0 Å². The van der Waals surface area contributed by atoms with Gasteiger partial charge in [0.05, 0.1) is 23.6 Å². The van der Waals surface area contributed by atoms with Gasteiger partial charge in [0.25, 0.3) is 0 Å². The summed E-state index contributed by atoms with van der Waals surface area (Å²) in [6, 6.07) is 0.256. The molecular weight excluding hydrogens is 288 g/mol. The zero-order valence-electron chi connectivity index (χ0n) is 13.9. The SMILES string of the molecule is O=C(NC1CCCCC1)[C@@H]1Cc2[nH]cnc2C2(CCCCC2)N1. The molecule has 2 fully saturated rings. The zero-order valence-corrected chi connectivity index (χ0v) is 13.9. The molecule has 1 aromatic rings. The lowest BCUT2D eigenvalue weighted by Gasteiger charge is -2.43. The largest absolute Gasteiger partial charge is 0.352 e. The molecule has 2 heterocycles. The maximum atomic E-state index is 12.8. The van der Waals surface area contributed by atoms with Crippen LogP contribution in [0.25, 0.3) is 0 Å². The van der Waals surface area contributed by atoms with E-state index in [1.165, 1.54) is 44.2 Å². The number of amides is 1. The van der Waals surface area contributed by atoms with Crippen molar-refractivity contribution >= 4 is 5.91 Å². The van der Waals surface area contributed by atoms with E-state index in [4.69, 9.17) is 0 Å². The van der Waals surface area contributed by atoms with Crippen LogP contribution in [0, 0.1) is 0 Å². The van der Waals surface area contributed by atoms with Crippen LogP contribution in [0.2, 0.25) is 0 Å². The molecule has 0 saturated heterocycles. The molecule has 3 aliphatic rings. The van der Waals surface area contributed by atoms with E-state index >= 15 is 0 Å². The molecule has 0 aromatic carbocycles. The van der Waals surface area contributed by atoms with Crippen LogP contribution in [0.15, 0.2) is 6.33 Å². The number of hydrogen-bond acceptors (Lipinski definition) is 3. The summed E-state index contributed by atoms with van der Waals surface area (Å²) in [5.41, 5.74) is 2.24. The van der Waals surface area contributed by atoms with Crippen LogP contribution >= 0.6 is 0 Å². The van der Waals surface area contributed by atoms with Crippen molar-refractivity contribution in [2.75, 3.05) is 0 Å². The molecule has 3 N–H and O–H groups in total. The van der Waals surface area contributed by atoms with E-state index < -0.39 is 0 Å². The number of H-pyrrole nitrogens is 1. The van der Waals surface area contributed by atoms with Crippen LogP contribution < -0.4 is 10.6 Å². The first kappa shape index (κ1) is 15.2. The fraction of sp³-hybridized carbons (Fsp3) is 0.778. The summed E-state index contributed by atoms with van der Waals surface area (Å²) in [5.74, 6) is 0.182. The number of aromatic nitrogens is 2. The van der Waals surface area contributed by atoms with E-state index in [2.05, 4.69) is 20.6 Å². The number of imidazole rings is 1. The molecule has 1 atom stereocenters. The van der Waals surface area contributed by atoms with Gasteiger partial charge in [0, 0.05) is 18.2 Å². The van der Waals surface area contributed by atoms with Crippen LogP contribution in [-0.2, 0) is 16.8 Å². The predicted molar refractivity (Wildman–Crippen MR) is 89.0 cm³/mol. The number of hydrogen-bond donors (Lipinski definition) is 3. The lowest BCUT2D eigenvalue weighted by molar-refractivity contribution is -0.125. The first-order valence-electron chi connectivity index (χ1n) is 9.38. The molecule has 1 aliphatic heterocycles. The van der Waals surface area contributed by atoms with Gasteiger partial charge in [0.2, 0.25) is 5.91 Å². The second-order valence-corrected chi connectivity index (χ2v) is 7.62. The van der Waals surface area contributed by atoms with Crippen molar-refractivity contribution in [3.05, 3.63) is 17.7 Å². The van der Waals surface area contributed by atoms with E-state index in [0.717, 1.165) is 37.8 Å². The van der Waals surface area contributed by atoms with E-state index in [1.54, 1.807) is 6.33 Å². The van der Waals surface area contributed by atoms with Gasteiger partial charge in [-0.05, 0) is 25.7 Å². The summed E-state index contributed by atoms with van der Waals surface area (Å²) in [6.45, 7) is 0. The van der Waals surface area contributed by atoms with Crippen molar-refractivity contribution in [3.8, 4) is 0 Å². The number of carbonyl (C=O) groups is 1. The molecule has 2 aliphatic carbocycles. The van der Waals surface area contributed by atoms with E-state index in [0.29, 0.717) is 6.04 Å². The Morgan fingerprint density at radius 2 is 1.87 bits per heavy atom. The Labute approximate surface area is 138 Å². The second-order valence-electron chi connectivity index (χ2n) is 7.62. The van der Waals surface area contributed by atoms with Crippen molar-refractivity contribution in [3.63, 3.8) is 0 Å². The van der Waals surface area contributed by atoms with Gasteiger partial charge >= 0.3 is 0 Å². The molecule has 0 unspecified atom stereocenters. The summed E-state index contributed by atoms with van der Waals surface area (Å²) < 4.78 is 0. The van der Waals surface area contributed by atoms with Gasteiger partial charge in [-0.2, -0.15) is 0 Å². The van der Waals surface area contributed by atoms with Crippen LogP contribution in [-0.4, -0.2) is 28.0 Å². The quantitative estimate of drug-likeness (QED) is 0.785. The Kier molecular flexibility index (Phi) is 4.14. The number of aromatic amines is 1. The van der Waals surface area contributed by atoms with Gasteiger partial charge in [0.1, 0.15) is 0 Å². The maximum Gasteiger partial charge on any atom is 0.237 e. The van der Waals surface area contributed by atoms with Gasteiger partial charge in [-0.15, -0.1) is 0 Å². The molecule has 1 amide bonds. The average molecular weight is 316 g/mol. The standard InChI is InChI=1S/C18H28N4O/c23-17(21-13-7-3-1-4-8-13)15-11-14-16(20-12-19-14)18(22-15)9-5-2-6-10-18/h12-13,15,22H,1-11H2,(H,19,20)(H,21,23)/t15-/m0/s1. The number of nitrogens with one attached hydrogen (secondary N) is 3. The smallest absolute Gasteiger partial charge is 0.237 e.